The molecule has 1 aliphatic heterocycles. The summed E-state index contributed by atoms with van der Waals surface area (Å²) in [6.07, 6.45) is 7.47. The van der Waals surface area contributed by atoms with Crippen LogP contribution in [0.1, 0.15) is 37.7 Å². The summed E-state index contributed by atoms with van der Waals surface area (Å²) in [5, 5.41) is 0. The third-order valence-corrected chi connectivity index (χ3v) is 4.36. The van der Waals surface area contributed by atoms with Crippen LogP contribution in [0.2, 0.25) is 0 Å². The number of rotatable bonds is 3. The van der Waals surface area contributed by atoms with Crippen LogP contribution in [0.25, 0.3) is 0 Å². The molecule has 1 aliphatic carbocycles. The van der Waals surface area contributed by atoms with Gasteiger partial charge in [0.25, 0.3) is 0 Å². The molecule has 2 aliphatic rings. The zero-order valence-electron chi connectivity index (χ0n) is 10.7. The summed E-state index contributed by atoms with van der Waals surface area (Å²) in [5.41, 5.74) is 1.25. The smallest absolute Gasteiger partial charge is 0.313 e. The molecule has 1 aromatic carbocycles. The van der Waals surface area contributed by atoms with Crippen LogP contribution in [0.5, 0.6) is 0 Å². The van der Waals surface area contributed by atoms with Crippen molar-refractivity contribution >= 4 is 5.97 Å². The maximum Gasteiger partial charge on any atom is 0.313 e. The number of hydrogen-bond acceptors (Lipinski definition) is 2. The van der Waals surface area contributed by atoms with Crippen molar-refractivity contribution in [2.24, 2.45) is 11.8 Å². The number of benzene rings is 1. The van der Waals surface area contributed by atoms with Crippen LogP contribution in [0.3, 0.4) is 0 Å². The second-order valence-corrected chi connectivity index (χ2v) is 5.60. The molecule has 0 aromatic heterocycles. The Bertz CT molecular complexity index is 406. The Hall–Kier alpha value is -1.31. The van der Waals surface area contributed by atoms with Gasteiger partial charge in [-0.3, -0.25) is 4.79 Å². The largest absolute Gasteiger partial charge is 0.461 e. The van der Waals surface area contributed by atoms with Gasteiger partial charge in [-0.05, 0) is 30.7 Å². The van der Waals surface area contributed by atoms with E-state index in [-0.39, 0.29) is 18.0 Å². The van der Waals surface area contributed by atoms with Crippen molar-refractivity contribution in [3.8, 4) is 0 Å². The summed E-state index contributed by atoms with van der Waals surface area (Å²) in [6, 6.07) is 10.3. The van der Waals surface area contributed by atoms with Gasteiger partial charge >= 0.3 is 5.97 Å². The molecule has 96 valence electrons. The zero-order chi connectivity index (χ0) is 12.4. The monoisotopic (exact) mass is 244 g/mol. The summed E-state index contributed by atoms with van der Waals surface area (Å²) in [5.74, 6) is 0.732. The number of carbonyl (C=O) groups is 1. The number of hydrogen-bond donors (Lipinski definition) is 0. The lowest BCUT2D eigenvalue weighted by atomic mass is 9.76. The van der Waals surface area contributed by atoms with Crippen molar-refractivity contribution < 1.29 is 9.53 Å². The Morgan fingerprint density at radius 1 is 1.06 bits per heavy atom. The average Bonchev–Trinajstić information content (AvgIpc) is 2.44. The quantitative estimate of drug-likeness (QED) is 0.762. The first-order valence-corrected chi connectivity index (χ1v) is 7.09. The highest BCUT2D eigenvalue weighted by Crippen LogP contribution is 2.38. The maximum atomic E-state index is 11.7. The van der Waals surface area contributed by atoms with E-state index in [1.807, 2.05) is 18.2 Å². The van der Waals surface area contributed by atoms with Crippen LogP contribution < -0.4 is 0 Å². The van der Waals surface area contributed by atoms with Crippen LogP contribution in [-0.4, -0.2) is 12.1 Å². The Morgan fingerprint density at radius 2 is 1.78 bits per heavy atom. The van der Waals surface area contributed by atoms with Gasteiger partial charge in [-0.25, -0.2) is 0 Å². The molecule has 0 radical (unpaired) electrons. The second kappa shape index (κ2) is 5.13. The fraction of sp³-hybridized carbons (Fsp3) is 0.562. The number of esters is 1. The molecular weight excluding hydrogens is 224 g/mol. The third-order valence-electron chi connectivity index (χ3n) is 4.36. The number of ether oxygens (including phenoxy) is 1. The first-order chi connectivity index (χ1) is 8.84. The summed E-state index contributed by atoms with van der Waals surface area (Å²) < 4.78 is 5.42. The number of carbonyl (C=O) groups excluding carboxylic acids is 1. The molecule has 1 saturated carbocycles. The van der Waals surface area contributed by atoms with Gasteiger partial charge in [0.05, 0.1) is 5.92 Å². The molecule has 1 heterocycles. The van der Waals surface area contributed by atoms with Crippen LogP contribution in [0.15, 0.2) is 30.3 Å². The molecule has 2 atom stereocenters. The van der Waals surface area contributed by atoms with E-state index in [2.05, 4.69) is 12.1 Å². The van der Waals surface area contributed by atoms with E-state index in [0.29, 0.717) is 5.92 Å². The zero-order valence-corrected chi connectivity index (χ0v) is 10.7. The lowest BCUT2D eigenvalue weighted by Crippen LogP contribution is -2.50. The van der Waals surface area contributed by atoms with Crippen LogP contribution in [0.4, 0.5) is 0 Å². The molecule has 1 aromatic rings. The Morgan fingerprint density at radius 3 is 2.44 bits per heavy atom. The van der Waals surface area contributed by atoms with Crippen LogP contribution in [-0.2, 0) is 16.0 Å². The van der Waals surface area contributed by atoms with E-state index >= 15 is 0 Å². The van der Waals surface area contributed by atoms with E-state index in [9.17, 15) is 4.79 Å². The van der Waals surface area contributed by atoms with E-state index in [0.717, 1.165) is 6.42 Å². The minimum atomic E-state index is 0.00873. The fourth-order valence-electron chi connectivity index (χ4n) is 3.32. The maximum absolute atomic E-state index is 11.7. The normalized spacial score (nSPS) is 28.6. The first kappa shape index (κ1) is 11.8. The van der Waals surface area contributed by atoms with E-state index in [4.69, 9.17) is 4.74 Å². The van der Waals surface area contributed by atoms with Crippen LogP contribution in [0, 0.1) is 11.8 Å². The van der Waals surface area contributed by atoms with Gasteiger partial charge in [0, 0.05) is 0 Å². The topological polar surface area (TPSA) is 26.3 Å². The van der Waals surface area contributed by atoms with Gasteiger partial charge in [-0.15, -0.1) is 0 Å². The molecule has 3 rings (SSSR count). The van der Waals surface area contributed by atoms with Gasteiger partial charge in [-0.1, -0.05) is 49.6 Å². The predicted octanol–water partition coefficient (Wildman–Crippen LogP) is 3.35. The standard InChI is InChI=1S/C16H20O2/c17-16-14(11-12-7-3-1-4-8-12)15(18-16)13-9-5-2-6-10-13/h1,3-4,7-8,13-15H,2,5-6,9-11H2. The third kappa shape index (κ3) is 2.29. The molecule has 0 N–H and O–H groups in total. The number of cyclic esters (lactones) is 1. The van der Waals surface area contributed by atoms with Gasteiger partial charge in [0.2, 0.25) is 0 Å². The van der Waals surface area contributed by atoms with Crippen molar-refractivity contribution in [3.63, 3.8) is 0 Å². The van der Waals surface area contributed by atoms with Crippen molar-refractivity contribution in [1.29, 1.82) is 0 Å². The molecule has 2 heteroatoms. The second-order valence-electron chi connectivity index (χ2n) is 5.60. The lowest BCUT2D eigenvalue weighted by Gasteiger charge is -2.41. The molecule has 1 saturated heterocycles. The van der Waals surface area contributed by atoms with Gasteiger partial charge in [0.1, 0.15) is 6.10 Å². The Balaban J connectivity index is 1.65. The average molecular weight is 244 g/mol. The molecule has 0 spiro atoms. The molecular formula is C16H20O2. The predicted molar refractivity (Wildman–Crippen MR) is 70.1 cm³/mol. The van der Waals surface area contributed by atoms with Crippen molar-refractivity contribution in [2.45, 2.75) is 44.6 Å². The van der Waals surface area contributed by atoms with Gasteiger partial charge in [0.15, 0.2) is 0 Å². The van der Waals surface area contributed by atoms with Crippen molar-refractivity contribution in [2.75, 3.05) is 0 Å². The molecule has 0 amide bonds. The highest BCUT2D eigenvalue weighted by Gasteiger charge is 2.46. The Kier molecular flexibility index (Phi) is 3.35. The SMILES string of the molecule is O=C1OC(C2CCCCC2)C1Cc1ccccc1. The summed E-state index contributed by atoms with van der Waals surface area (Å²) in [6.45, 7) is 0. The van der Waals surface area contributed by atoms with Crippen LogP contribution >= 0.6 is 0 Å². The first-order valence-electron chi connectivity index (χ1n) is 7.09. The minimum absolute atomic E-state index is 0.00873. The van der Waals surface area contributed by atoms with Gasteiger partial charge < -0.3 is 4.74 Å². The summed E-state index contributed by atoms with van der Waals surface area (Å²) in [4.78, 5) is 11.7. The lowest BCUT2D eigenvalue weighted by molar-refractivity contribution is -0.193. The summed E-state index contributed by atoms with van der Waals surface area (Å²) >= 11 is 0. The molecule has 0 bridgehead atoms. The van der Waals surface area contributed by atoms with Crippen molar-refractivity contribution in [1.82, 2.24) is 0 Å². The highest BCUT2D eigenvalue weighted by atomic mass is 16.6. The van der Waals surface area contributed by atoms with E-state index < -0.39 is 0 Å². The molecule has 2 unspecified atom stereocenters. The fourth-order valence-corrected chi connectivity index (χ4v) is 3.32. The highest BCUT2D eigenvalue weighted by molar-refractivity contribution is 5.79. The van der Waals surface area contributed by atoms with E-state index in [1.165, 1.54) is 37.7 Å². The summed E-state index contributed by atoms with van der Waals surface area (Å²) in [7, 11) is 0. The molecule has 2 nitrogen and oxygen atoms in total. The minimum Gasteiger partial charge on any atom is -0.461 e. The van der Waals surface area contributed by atoms with Crippen molar-refractivity contribution in [3.05, 3.63) is 35.9 Å². The van der Waals surface area contributed by atoms with E-state index in [1.54, 1.807) is 0 Å². The molecule has 2 fully saturated rings. The molecule has 18 heavy (non-hydrogen) atoms. The van der Waals surface area contributed by atoms with Gasteiger partial charge in [-0.2, -0.15) is 0 Å². The Labute approximate surface area is 108 Å².